The van der Waals surface area contributed by atoms with Gasteiger partial charge in [-0.15, -0.1) is 0 Å². The molecule has 2 rings (SSSR count). The number of aromatic nitrogens is 2. The molecule has 0 saturated heterocycles. The van der Waals surface area contributed by atoms with E-state index >= 15 is 0 Å². The van der Waals surface area contributed by atoms with E-state index in [0.717, 1.165) is 18.3 Å². The van der Waals surface area contributed by atoms with E-state index in [-0.39, 0.29) is 17.7 Å². The number of halogens is 6. The number of nitrogens with zero attached hydrogens (tertiary/aromatic N) is 2. The Hall–Kier alpha value is -1.96. The first-order chi connectivity index (χ1) is 9.64. The van der Waals surface area contributed by atoms with Crippen molar-refractivity contribution in [2.24, 2.45) is 0 Å². The molecule has 0 aliphatic rings. The van der Waals surface area contributed by atoms with Gasteiger partial charge < -0.3 is 0 Å². The Bertz CT molecular complexity index is 658. The highest BCUT2D eigenvalue weighted by Gasteiger charge is 2.35. The Labute approximate surface area is 120 Å². The number of hydrogen-bond acceptors (Lipinski definition) is 2. The van der Waals surface area contributed by atoms with Gasteiger partial charge in [-0.2, -0.15) is 22.0 Å². The molecular formula is C12H6ClF5N2O. The molecule has 21 heavy (non-hydrogen) atoms. The van der Waals surface area contributed by atoms with Gasteiger partial charge in [-0.1, -0.05) is 0 Å². The van der Waals surface area contributed by atoms with E-state index in [1.165, 1.54) is 0 Å². The van der Waals surface area contributed by atoms with Crippen molar-refractivity contribution in [3.63, 3.8) is 0 Å². The minimum atomic E-state index is -4.56. The van der Waals surface area contributed by atoms with Crippen molar-refractivity contribution in [1.82, 2.24) is 9.55 Å². The monoisotopic (exact) mass is 324 g/mol. The zero-order valence-corrected chi connectivity index (χ0v) is 10.8. The lowest BCUT2D eigenvalue weighted by atomic mass is 10.2. The summed E-state index contributed by atoms with van der Waals surface area (Å²) in [4.78, 5) is 14.2. The van der Waals surface area contributed by atoms with E-state index < -0.39 is 22.9 Å². The van der Waals surface area contributed by atoms with Gasteiger partial charge in [0.2, 0.25) is 5.82 Å². The van der Waals surface area contributed by atoms with Crippen molar-refractivity contribution in [3.8, 4) is 5.69 Å². The highest BCUT2D eigenvalue weighted by Crippen LogP contribution is 2.34. The van der Waals surface area contributed by atoms with E-state index in [1.807, 2.05) is 0 Å². The van der Waals surface area contributed by atoms with Crippen LogP contribution in [0, 0.1) is 0 Å². The summed E-state index contributed by atoms with van der Waals surface area (Å²) < 4.78 is 64.5. The summed E-state index contributed by atoms with van der Waals surface area (Å²) in [5.74, 6) is -0.953. The Morgan fingerprint density at radius 2 is 1.67 bits per heavy atom. The molecule has 1 aromatic carbocycles. The van der Waals surface area contributed by atoms with Crippen molar-refractivity contribution < 1.29 is 26.7 Å². The quantitative estimate of drug-likeness (QED) is 0.486. The van der Waals surface area contributed by atoms with Gasteiger partial charge in [-0.05, 0) is 35.9 Å². The fourth-order valence-corrected chi connectivity index (χ4v) is 1.85. The molecule has 9 heteroatoms. The number of carbonyl (C=O) groups is 1. The highest BCUT2D eigenvalue weighted by molar-refractivity contribution is 6.21. The predicted molar refractivity (Wildman–Crippen MR) is 63.7 cm³/mol. The third-order valence-corrected chi connectivity index (χ3v) is 2.79. The van der Waals surface area contributed by atoms with Crippen LogP contribution in [0.1, 0.15) is 21.9 Å². The maximum atomic E-state index is 13.2. The second-order valence-electron chi connectivity index (χ2n) is 4.00. The maximum absolute atomic E-state index is 13.2. The van der Waals surface area contributed by atoms with Gasteiger partial charge in [0.1, 0.15) is 5.69 Å². The summed E-state index contributed by atoms with van der Waals surface area (Å²) in [5.41, 5.74) is -1.29. The van der Waals surface area contributed by atoms with Crippen LogP contribution in [0.3, 0.4) is 0 Å². The van der Waals surface area contributed by atoms with Gasteiger partial charge >= 0.3 is 11.6 Å². The zero-order valence-electron chi connectivity index (χ0n) is 10.0. The van der Waals surface area contributed by atoms with Crippen LogP contribution in [0.15, 0.2) is 30.5 Å². The Morgan fingerprint density at radius 1 is 1.10 bits per heavy atom. The third-order valence-electron chi connectivity index (χ3n) is 2.62. The molecule has 0 radical (unpaired) electrons. The van der Waals surface area contributed by atoms with Crippen molar-refractivity contribution in [3.05, 3.63) is 47.5 Å². The van der Waals surface area contributed by atoms with Crippen LogP contribution < -0.4 is 0 Å². The fraction of sp³-hybridized carbons (Fsp3) is 0.167. The van der Waals surface area contributed by atoms with Gasteiger partial charge in [-0.25, -0.2) is 4.98 Å². The zero-order chi connectivity index (χ0) is 15.8. The second-order valence-corrected chi connectivity index (χ2v) is 4.48. The molecule has 0 bridgehead atoms. The molecule has 1 aromatic heterocycles. The molecule has 1 heterocycles. The molecular weight excluding hydrogens is 319 g/mol. The number of carbonyl (C=O) groups excluding carboxylic acids is 1. The third kappa shape index (κ3) is 3.05. The SMILES string of the molecule is O=Cc1cnc(C(F)(F)Cl)n1-c1ccc(C(F)(F)F)cc1. The molecule has 0 amide bonds. The summed E-state index contributed by atoms with van der Waals surface area (Å²) in [5, 5.41) is -3.87. The summed E-state index contributed by atoms with van der Waals surface area (Å²) in [7, 11) is 0. The van der Waals surface area contributed by atoms with Gasteiger partial charge in [0, 0.05) is 5.69 Å². The Kier molecular flexibility index (Phi) is 3.75. The first kappa shape index (κ1) is 15.4. The van der Waals surface area contributed by atoms with Gasteiger partial charge in [0.05, 0.1) is 11.8 Å². The molecule has 0 N–H and O–H groups in total. The van der Waals surface area contributed by atoms with E-state index in [1.54, 1.807) is 0 Å². The van der Waals surface area contributed by atoms with Crippen LogP contribution in [0.25, 0.3) is 5.69 Å². The van der Waals surface area contributed by atoms with Crippen molar-refractivity contribution >= 4 is 17.9 Å². The number of imidazole rings is 1. The lowest BCUT2D eigenvalue weighted by Gasteiger charge is -2.14. The Morgan fingerprint density at radius 3 is 2.10 bits per heavy atom. The summed E-state index contributed by atoms with van der Waals surface area (Å²) in [6.07, 6.45) is -3.45. The predicted octanol–water partition coefficient (Wildman–Crippen LogP) is 3.99. The van der Waals surface area contributed by atoms with Crippen molar-refractivity contribution in [1.29, 1.82) is 0 Å². The first-order valence-corrected chi connectivity index (χ1v) is 5.80. The standard InChI is InChI=1S/C12H6ClF5N2O/c13-11(14,15)10-19-5-9(6-21)20(10)8-3-1-7(2-4-8)12(16,17)18/h1-6H. The second kappa shape index (κ2) is 5.10. The van der Waals surface area contributed by atoms with Crippen LogP contribution in [-0.2, 0) is 11.6 Å². The largest absolute Gasteiger partial charge is 0.416 e. The smallest absolute Gasteiger partial charge is 0.296 e. The summed E-state index contributed by atoms with van der Waals surface area (Å²) in [6.45, 7) is 0. The maximum Gasteiger partial charge on any atom is 0.416 e. The van der Waals surface area contributed by atoms with Crippen LogP contribution in [0.2, 0.25) is 0 Å². The lowest BCUT2D eigenvalue weighted by molar-refractivity contribution is -0.137. The highest BCUT2D eigenvalue weighted by atomic mass is 35.5. The van der Waals surface area contributed by atoms with E-state index in [0.29, 0.717) is 16.7 Å². The van der Waals surface area contributed by atoms with Gasteiger partial charge in [0.15, 0.2) is 6.29 Å². The number of alkyl halides is 6. The molecule has 112 valence electrons. The Balaban J connectivity index is 2.56. The van der Waals surface area contributed by atoms with Crippen molar-refractivity contribution in [2.75, 3.05) is 0 Å². The molecule has 2 aromatic rings. The minimum absolute atomic E-state index is 0.0853. The topological polar surface area (TPSA) is 34.9 Å². The van der Waals surface area contributed by atoms with Crippen molar-refractivity contribution in [2.45, 2.75) is 11.6 Å². The first-order valence-electron chi connectivity index (χ1n) is 5.42. The van der Waals surface area contributed by atoms with Crippen LogP contribution in [0.5, 0.6) is 0 Å². The minimum Gasteiger partial charge on any atom is -0.296 e. The molecule has 0 aliphatic carbocycles. The lowest BCUT2D eigenvalue weighted by Crippen LogP contribution is -2.14. The molecule has 0 saturated carbocycles. The number of hydrogen-bond donors (Lipinski definition) is 0. The van der Waals surface area contributed by atoms with Gasteiger partial charge in [-0.3, -0.25) is 9.36 Å². The average Bonchev–Trinajstić information content (AvgIpc) is 2.81. The number of benzene rings is 1. The summed E-state index contributed by atoms with van der Waals surface area (Å²) >= 11 is 4.88. The normalized spacial score (nSPS) is 12.5. The molecule has 0 spiro atoms. The van der Waals surface area contributed by atoms with E-state index in [2.05, 4.69) is 4.98 Å². The molecule has 0 atom stereocenters. The summed E-state index contributed by atoms with van der Waals surface area (Å²) in [6, 6.07) is 3.31. The van der Waals surface area contributed by atoms with E-state index in [4.69, 9.17) is 11.6 Å². The number of rotatable bonds is 3. The van der Waals surface area contributed by atoms with Gasteiger partial charge in [0.25, 0.3) is 0 Å². The van der Waals surface area contributed by atoms with Crippen LogP contribution in [0.4, 0.5) is 22.0 Å². The fourth-order valence-electron chi connectivity index (χ4n) is 1.72. The van der Waals surface area contributed by atoms with Crippen LogP contribution >= 0.6 is 11.6 Å². The molecule has 0 fully saturated rings. The molecule has 0 aliphatic heterocycles. The van der Waals surface area contributed by atoms with E-state index in [9.17, 15) is 26.7 Å². The molecule has 3 nitrogen and oxygen atoms in total. The average molecular weight is 325 g/mol. The molecule has 0 unspecified atom stereocenters. The number of aldehydes is 1. The van der Waals surface area contributed by atoms with Crippen LogP contribution in [-0.4, -0.2) is 15.8 Å².